The maximum atomic E-state index is 6.29. The van der Waals surface area contributed by atoms with E-state index >= 15 is 0 Å². The van der Waals surface area contributed by atoms with E-state index in [1.807, 2.05) is 18.2 Å². The van der Waals surface area contributed by atoms with E-state index in [-0.39, 0.29) is 0 Å². The summed E-state index contributed by atoms with van der Waals surface area (Å²) in [6.07, 6.45) is 1.01. The Bertz CT molecular complexity index is 604. The Hall–Kier alpha value is -1.47. The SMILES string of the molecule is CC(C)c1ccc2c(c1)CC(c1ccccc1Cl)N2. The molecule has 1 unspecified atom stereocenters. The predicted molar refractivity (Wildman–Crippen MR) is 82.1 cm³/mol. The number of fused-ring (bicyclic) bond motifs is 1. The summed E-state index contributed by atoms with van der Waals surface area (Å²) in [5, 5.41) is 4.42. The van der Waals surface area contributed by atoms with Crippen LogP contribution in [-0.2, 0) is 6.42 Å². The standard InChI is InChI=1S/C17H18ClN/c1-11(2)12-7-8-16-13(9-12)10-17(19-16)14-5-3-4-6-15(14)18/h3-9,11,17,19H,10H2,1-2H3. The Morgan fingerprint density at radius 1 is 1.16 bits per heavy atom. The van der Waals surface area contributed by atoms with Crippen LogP contribution in [0.15, 0.2) is 42.5 Å². The molecule has 2 aromatic rings. The van der Waals surface area contributed by atoms with Crippen LogP contribution in [0.5, 0.6) is 0 Å². The summed E-state index contributed by atoms with van der Waals surface area (Å²) in [6.45, 7) is 4.46. The first-order valence-corrected chi connectivity index (χ1v) is 7.16. The van der Waals surface area contributed by atoms with Crippen molar-refractivity contribution in [3.63, 3.8) is 0 Å². The molecule has 1 aliphatic heterocycles. The lowest BCUT2D eigenvalue weighted by Crippen LogP contribution is -2.05. The number of rotatable bonds is 2. The summed E-state index contributed by atoms with van der Waals surface area (Å²) in [5.41, 5.74) is 5.23. The zero-order chi connectivity index (χ0) is 13.4. The molecule has 1 nitrogen and oxygen atoms in total. The van der Waals surface area contributed by atoms with Gasteiger partial charge < -0.3 is 5.32 Å². The van der Waals surface area contributed by atoms with E-state index < -0.39 is 0 Å². The molecule has 0 amide bonds. The first-order chi connectivity index (χ1) is 9.15. The second-order valence-corrected chi connectivity index (χ2v) is 5.90. The lowest BCUT2D eigenvalue weighted by molar-refractivity contribution is 0.820. The third-order valence-corrected chi connectivity index (χ3v) is 4.17. The molecule has 2 aromatic carbocycles. The first-order valence-electron chi connectivity index (χ1n) is 6.79. The molecule has 0 radical (unpaired) electrons. The van der Waals surface area contributed by atoms with E-state index in [1.54, 1.807) is 0 Å². The number of hydrogen-bond acceptors (Lipinski definition) is 1. The molecule has 1 atom stereocenters. The summed E-state index contributed by atoms with van der Waals surface area (Å²) >= 11 is 6.29. The molecule has 0 saturated heterocycles. The number of nitrogens with one attached hydrogen (secondary N) is 1. The highest BCUT2D eigenvalue weighted by Crippen LogP contribution is 2.37. The fourth-order valence-electron chi connectivity index (χ4n) is 2.69. The van der Waals surface area contributed by atoms with Gasteiger partial charge in [-0.2, -0.15) is 0 Å². The van der Waals surface area contributed by atoms with Crippen molar-refractivity contribution in [3.8, 4) is 0 Å². The number of halogens is 1. The minimum atomic E-state index is 0.297. The van der Waals surface area contributed by atoms with E-state index in [0.29, 0.717) is 12.0 Å². The molecule has 3 rings (SSSR count). The highest BCUT2D eigenvalue weighted by molar-refractivity contribution is 6.31. The first kappa shape index (κ1) is 12.6. The smallest absolute Gasteiger partial charge is 0.0569 e. The second kappa shape index (κ2) is 4.90. The summed E-state index contributed by atoms with van der Waals surface area (Å²) < 4.78 is 0. The molecule has 19 heavy (non-hydrogen) atoms. The van der Waals surface area contributed by atoms with Gasteiger partial charge in [0.15, 0.2) is 0 Å². The van der Waals surface area contributed by atoms with Gasteiger partial charge in [0.1, 0.15) is 0 Å². The summed E-state index contributed by atoms with van der Waals surface area (Å²) in [7, 11) is 0. The molecule has 0 spiro atoms. The average molecular weight is 272 g/mol. The van der Waals surface area contributed by atoms with Crippen molar-refractivity contribution in [2.45, 2.75) is 32.2 Å². The maximum absolute atomic E-state index is 6.29. The molecule has 0 aliphatic carbocycles. The highest BCUT2D eigenvalue weighted by Gasteiger charge is 2.23. The number of benzene rings is 2. The van der Waals surface area contributed by atoms with Crippen LogP contribution >= 0.6 is 11.6 Å². The van der Waals surface area contributed by atoms with Gasteiger partial charge in [-0.15, -0.1) is 0 Å². The Morgan fingerprint density at radius 2 is 1.95 bits per heavy atom. The van der Waals surface area contributed by atoms with Gasteiger partial charge in [-0.1, -0.05) is 55.8 Å². The monoisotopic (exact) mass is 271 g/mol. The molecular formula is C17H18ClN. The second-order valence-electron chi connectivity index (χ2n) is 5.49. The van der Waals surface area contributed by atoms with Crippen molar-refractivity contribution >= 4 is 17.3 Å². The van der Waals surface area contributed by atoms with Gasteiger partial charge in [0.25, 0.3) is 0 Å². The predicted octanol–water partition coefficient (Wildman–Crippen LogP) is 5.17. The molecule has 1 aliphatic rings. The Labute approximate surface area is 119 Å². The minimum Gasteiger partial charge on any atom is -0.378 e. The van der Waals surface area contributed by atoms with Crippen molar-refractivity contribution in [3.05, 3.63) is 64.2 Å². The van der Waals surface area contributed by atoms with Crippen LogP contribution in [-0.4, -0.2) is 0 Å². The molecule has 0 saturated carbocycles. The molecular weight excluding hydrogens is 254 g/mol. The van der Waals surface area contributed by atoms with Gasteiger partial charge >= 0.3 is 0 Å². The van der Waals surface area contributed by atoms with Crippen LogP contribution in [0.25, 0.3) is 0 Å². The van der Waals surface area contributed by atoms with Crippen LogP contribution in [0.3, 0.4) is 0 Å². The van der Waals surface area contributed by atoms with Crippen molar-refractivity contribution in [2.75, 3.05) is 5.32 Å². The molecule has 0 aromatic heterocycles. The van der Waals surface area contributed by atoms with Crippen molar-refractivity contribution in [1.29, 1.82) is 0 Å². The molecule has 1 heterocycles. The van der Waals surface area contributed by atoms with E-state index in [4.69, 9.17) is 11.6 Å². The lowest BCUT2D eigenvalue weighted by atomic mass is 9.98. The number of hydrogen-bond donors (Lipinski definition) is 1. The van der Waals surface area contributed by atoms with Crippen LogP contribution in [0.1, 0.15) is 42.5 Å². The van der Waals surface area contributed by atoms with Crippen LogP contribution in [0, 0.1) is 0 Å². The molecule has 0 fully saturated rings. The maximum Gasteiger partial charge on any atom is 0.0569 e. The van der Waals surface area contributed by atoms with Gasteiger partial charge in [0.2, 0.25) is 0 Å². The zero-order valence-electron chi connectivity index (χ0n) is 11.3. The van der Waals surface area contributed by atoms with Gasteiger partial charge in [-0.05, 0) is 41.2 Å². The van der Waals surface area contributed by atoms with Crippen LogP contribution < -0.4 is 5.32 Å². The van der Waals surface area contributed by atoms with E-state index in [1.165, 1.54) is 22.4 Å². The molecule has 98 valence electrons. The van der Waals surface area contributed by atoms with E-state index in [2.05, 4.69) is 43.4 Å². The van der Waals surface area contributed by atoms with Gasteiger partial charge in [-0.25, -0.2) is 0 Å². The summed E-state index contributed by atoms with van der Waals surface area (Å²) in [5.74, 6) is 0.574. The minimum absolute atomic E-state index is 0.297. The van der Waals surface area contributed by atoms with Gasteiger partial charge in [-0.3, -0.25) is 0 Å². The Kier molecular flexibility index (Phi) is 3.24. The molecule has 1 N–H and O–H groups in total. The lowest BCUT2D eigenvalue weighted by Gasteiger charge is -2.13. The van der Waals surface area contributed by atoms with Crippen LogP contribution in [0.4, 0.5) is 5.69 Å². The fourth-order valence-corrected chi connectivity index (χ4v) is 2.95. The van der Waals surface area contributed by atoms with Crippen LogP contribution in [0.2, 0.25) is 5.02 Å². The topological polar surface area (TPSA) is 12.0 Å². The summed E-state index contributed by atoms with van der Waals surface area (Å²) in [4.78, 5) is 0. The highest BCUT2D eigenvalue weighted by atomic mass is 35.5. The van der Waals surface area contributed by atoms with Crippen molar-refractivity contribution < 1.29 is 0 Å². The normalized spacial score (nSPS) is 17.4. The van der Waals surface area contributed by atoms with Crippen molar-refractivity contribution in [2.24, 2.45) is 0 Å². The fraction of sp³-hybridized carbons (Fsp3) is 0.294. The number of anilines is 1. The Morgan fingerprint density at radius 3 is 2.68 bits per heavy atom. The van der Waals surface area contributed by atoms with E-state index in [0.717, 1.165) is 11.4 Å². The van der Waals surface area contributed by atoms with Crippen molar-refractivity contribution in [1.82, 2.24) is 0 Å². The Balaban J connectivity index is 1.90. The largest absolute Gasteiger partial charge is 0.378 e. The van der Waals surface area contributed by atoms with E-state index in [9.17, 15) is 0 Å². The van der Waals surface area contributed by atoms with Gasteiger partial charge in [0.05, 0.1) is 6.04 Å². The quantitative estimate of drug-likeness (QED) is 0.794. The third-order valence-electron chi connectivity index (χ3n) is 3.83. The molecule has 2 heteroatoms. The van der Waals surface area contributed by atoms with Gasteiger partial charge in [0, 0.05) is 10.7 Å². The third kappa shape index (κ3) is 2.35. The summed E-state index contributed by atoms with van der Waals surface area (Å²) in [6, 6.07) is 15.1. The zero-order valence-corrected chi connectivity index (χ0v) is 12.0. The molecule has 0 bridgehead atoms. The average Bonchev–Trinajstić information content (AvgIpc) is 2.81.